The van der Waals surface area contributed by atoms with Crippen LogP contribution in [0.2, 0.25) is 0 Å². The molecule has 0 aromatic heterocycles. The molecule has 1 aromatic rings. The third kappa shape index (κ3) is 4.65. The fourth-order valence-corrected chi connectivity index (χ4v) is 3.81. The average molecular weight is 358 g/mol. The van der Waals surface area contributed by atoms with Gasteiger partial charge in [-0.3, -0.25) is 9.69 Å². The number of nitrogens with zero attached hydrogens (tertiary/aromatic N) is 2. The second-order valence-corrected chi connectivity index (χ2v) is 7.45. The number of fused-ring (bicyclic) bond motifs is 1. The minimum absolute atomic E-state index is 0.0634. The standard InChI is InChI=1S/C21H30N2O3/c1-4-9-22-11-12-25-20-15-23(10-8-18(20)14-22)21(24)17-6-5-7-19(13-17)26-16(2)3/h4-7,13,16,18,20H,1,8-12,14-15H2,2-3H3. The fourth-order valence-electron chi connectivity index (χ4n) is 3.81. The smallest absolute Gasteiger partial charge is 0.254 e. The Morgan fingerprint density at radius 3 is 3.00 bits per heavy atom. The fraction of sp³-hybridized carbons (Fsp3) is 0.571. The molecule has 0 spiro atoms. The van der Waals surface area contributed by atoms with Crippen LogP contribution in [0.1, 0.15) is 30.6 Å². The van der Waals surface area contributed by atoms with Crippen LogP contribution in [0.4, 0.5) is 0 Å². The summed E-state index contributed by atoms with van der Waals surface area (Å²) in [5.74, 6) is 1.29. The van der Waals surface area contributed by atoms with E-state index in [2.05, 4.69) is 11.5 Å². The molecule has 26 heavy (non-hydrogen) atoms. The summed E-state index contributed by atoms with van der Waals surface area (Å²) < 4.78 is 11.8. The lowest BCUT2D eigenvalue weighted by Crippen LogP contribution is -2.49. The Bertz CT molecular complexity index is 631. The lowest BCUT2D eigenvalue weighted by atomic mass is 9.93. The van der Waals surface area contributed by atoms with Crippen molar-refractivity contribution in [1.82, 2.24) is 9.80 Å². The normalized spacial score (nSPS) is 24.0. The molecule has 2 heterocycles. The molecular formula is C21H30N2O3. The van der Waals surface area contributed by atoms with E-state index in [1.165, 1.54) is 0 Å². The topological polar surface area (TPSA) is 42.0 Å². The Morgan fingerprint density at radius 2 is 2.23 bits per heavy atom. The molecule has 2 saturated heterocycles. The van der Waals surface area contributed by atoms with Crippen molar-refractivity contribution in [3.05, 3.63) is 42.5 Å². The number of ether oxygens (including phenoxy) is 2. The molecule has 2 aliphatic heterocycles. The molecule has 2 unspecified atom stereocenters. The summed E-state index contributed by atoms with van der Waals surface area (Å²) in [4.78, 5) is 17.3. The first-order valence-electron chi connectivity index (χ1n) is 9.57. The number of amides is 1. The van der Waals surface area contributed by atoms with Crippen molar-refractivity contribution in [3.8, 4) is 5.75 Å². The molecule has 0 bridgehead atoms. The first-order chi connectivity index (χ1) is 12.6. The first-order valence-corrected chi connectivity index (χ1v) is 9.57. The van der Waals surface area contributed by atoms with E-state index in [9.17, 15) is 4.79 Å². The molecule has 142 valence electrons. The van der Waals surface area contributed by atoms with Gasteiger partial charge in [0.25, 0.3) is 5.91 Å². The quantitative estimate of drug-likeness (QED) is 0.759. The molecule has 3 rings (SSSR count). The molecular weight excluding hydrogens is 328 g/mol. The summed E-state index contributed by atoms with van der Waals surface area (Å²) in [6.45, 7) is 12.8. The minimum atomic E-state index is 0.0634. The van der Waals surface area contributed by atoms with Crippen molar-refractivity contribution in [2.24, 2.45) is 5.92 Å². The van der Waals surface area contributed by atoms with Crippen LogP contribution in [-0.2, 0) is 4.74 Å². The number of rotatable bonds is 5. The van der Waals surface area contributed by atoms with Crippen LogP contribution in [0, 0.1) is 5.92 Å². The van der Waals surface area contributed by atoms with Crippen LogP contribution < -0.4 is 4.74 Å². The Morgan fingerprint density at radius 1 is 1.38 bits per heavy atom. The van der Waals surface area contributed by atoms with Gasteiger partial charge in [0.1, 0.15) is 5.75 Å². The first kappa shape index (κ1) is 18.9. The van der Waals surface area contributed by atoms with Gasteiger partial charge in [-0.2, -0.15) is 0 Å². The van der Waals surface area contributed by atoms with Crippen LogP contribution >= 0.6 is 0 Å². The third-order valence-electron chi connectivity index (χ3n) is 5.06. The molecule has 2 fully saturated rings. The largest absolute Gasteiger partial charge is 0.491 e. The zero-order valence-corrected chi connectivity index (χ0v) is 15.9. The van der Waals surface area contributed by atoms with Crippen molar-refractivity contribution in [2.45, 2.75) is 32.5 Å². The number of carbonyl (C=O) groups is 1. The van der Waals surface area contributed by atoms with E-state index in [0.717, 1.165) is 45.0 Å². The molecule has 1 amide bonds. The van der Waals surface area contributed by atoms with Gasteiger partial charge in [-0.1, -0.05) is 12.1 Å². The van der Waals surface area contributed by atoms with Gasteiger partial charge >= 0.3 is 0 Å². The third-order valence-corrected chi connectivity index (χ3v) is 5.06. The van der Waals surface area contributed by atoms with Crippen LogP contribution in [0.25, 0.3) is 0 Å². The summed E-state index contributed by atoms with van der Waals surface area (Å²) in [7, 11) is 0. The molecule has 2 aliphatic rings. The molecule has 1 aromatic carbocycles. The van der Waals surface area contributed by atoms with Crippen LogP contribution in [0.5, 0.6) is 5.75 Å². The predicted octanol–water partition coefficient (Wildman–Crippen LogP) is 2.82. The molecule has 5 heteroatoms. The number of piperidine rings is 1. The highest BCUT2D eigenvalue weighted by Crippen LogP contribution is 2.26. The summed E-state index contributed by atoms with van der Waals surface area (Å²) in [6, 6.07) is 7.48. The van der Waals surface area contributed by atoms with E-state index in [-0.39, 0.29) is 18.1 Å². The number of benzene rings is 1. The average Bonchev–Trinajstić information content (AvgIpc) is 2.82. The van der Waals surface area contributed by atoms with E-state index >= 15 is 0 Å². The molecule has 0 N–H and O–H groups in total. The highest BCUT2D eigenvalue weighted by molar-refractivity contribution is 5.94. The lowest BCUT2D eigenvalue weighted by Gasteiger charge is -2.38. The van der Waals surface area contributed by atoms with Gasteiger partial charge < -0.3 is 14.4 Å². The maximum Gasteiger partial charge on any atom is 0.254 e. The molecule has 5 nitrogen and oxygen atoms in total. The van der Waals surface area contributed by atoms with Gasteiger partial charge in [-0.15, -0.1) is 6.58 Å². The maximum absolute atomic E-state index is 13.0. The Balaban J connectivity index is 1.64. The van der Waals surface area contributed by atoms with E-state index < -0.39 is 0 Å². The van der Waals surface area contributed by atoms with Crippen LogP contribution in [-0.4, -0.2) is 67.2 Å². The molecule has 0 radical (unpaired) electrons. The lowest BCUT2D eigenvalue weighted by molar-refractivity contribution is -0.0171. The minimum Gasteiger partial charge on any atom is -0.491 e. The number of hydrogen-bond donors (Lipinski definition) is 0. The number of hydrogen-bond acceptors (Lipinski definition) is 4. The summed E-state index contributed by atoms with van der Waals surface area (Å²) in [6.07, 6.45) is 3.14. The van der Waals surface area contributed by atoms with Gasteiger partial charge in [0, 0.05) is 44.2 Å². The Kier molecular flexibility index (Phi) is 6.33. The highest BCUT2D eigenvalue weighted by atomic mass is 16.5. The second kappa shape index (κ2) is 8.69. The maximum atomic E-state index is 13.0. The van der Waals surface area contributed by atoms with Gasteiger partial charge in [0.2, 0.25) is 0 Å². The summed E-state index contributed by atoms with van der Waals surface area (Å²) in [5.41, 5.74) is 0.684. The Hall–Kier alpha value is -1.85. The van der Waals surface area contributed by atoms with Crippen LogP contribution in [0.3, 0.4) is 0 Å². The molecule has 0 saturated carbocycles. The summed E-state index contributed by atoms with van der Waals surface area (Å²) >= 11 is 0. The van der Waals surface area contributed by atoms with Gasteiger partial charge in [0.15, 0.2) is 0 Å². The van der Waals surface area contributed by atoms with E-state index in [0.29, 0.717) is 18.0 Å². The van der Waals surface area contributed by atoms with E-state index in [4.69, 9.17) is 9.47 Å². The van der Waals surface area contributed by atoms with Gasteiger partial charge in [-0.05, 0) is 38.5 Å². The number of carbonyl (C=O) groups excluding carboxylic acids is 1. The SMILES string of the molecule is C=CCN1CCOC2CN(C(=O)c3cccc(OC(C)C)c3)CCC2C1. The molecule has 2 atom stereocenters. The predicted molar refractivity (Wildman–Crippen MR) is 103 cm³/mol. The zero-order chi connectivity index (χ0) is 18.5. The summed E-state index contributed by atoms with van der Waals surface area (Å²) in [5, 5.41) is 0. The molecule has 0 aliphatic carbocycles. The highest BCUT2D eigenvalue weighted by Gasteiger charge is 2.35. The second-order valence-electron chi connectivity index (χ2n) is 7.45. The van der Waals surface area contributed by atoms with Crippen molar-refractivity contribution in [1.29, 1.82) is 0 Å². The van der Waals surface area contributed by atoms with Crippen molar-refractivity contribution >= 4 is 5.91 Å². The van der Waals surface area contributed by atoms with Crippen molar-refractivity contribution < 1.29 is 14.3 Å². The van der Waals surface area contributed by atoms with Gasteiger partial charge in [-0.25, -0.2) is 0 Å². The van der Waals surface area contributed by atoms with Crippen molar-refractivity contribution in [3.63, 3.8) is 0 Å². The number of likely N-dealkylation sites (tertiary alicyclic amines) is 1. The van der Waals surface area contributed by atoms with E-state index in [1.807, 2.05) is 49.1 Å². The van der Waals surface area contributed by atoms with Crippen molar-refractivity contribution in [2.75, 3.05) is 39.3 Å². The zero-order valence-electron chi connectivity index (χ0n) is 15.9. The van der Waals surface area contributed by atoms with E-state index in [1.54, 1.807) is 0 Å². The van der Waals surface area contributed by atoms with Crippen LogP contribution in [0.15, 0.2) is 36.9 Å². The van der Waals surface area contributed by atoms with Gasteiger partial charge in [0.05, 0.1) is 18.8 Å². The monoisotopic (exact) mass is 358 g/mol. The Labute approximate surface area is 156 Å².